The summed E-state index contributed by atoms with van der Waals surface area (Å²) in [6.45, 7) is 9.36. The van der Waals surface area contributed by atoms with Gasteiger partial charge in [-0.2, -0.15) is 0 Å². The molecule has 1 N–H and O–H groups in total. The van der Waals surface area contributed by atoms with E-state index in [0.717, 1.165) is 23.9 Å². The molecular weight excluding hydrogens is 170 g/mol. The highest BCUT2D eigenvalue weighted by Gasteiger charge is 2.24. The molecule has 0 saturated heterocycles. The Morgan fingerprint density at radius 1 is 1.21 bits per heavy atom. The normalized spacial score (nSPS) is 30.6. The highest BCUT2D eigenvalue weighted by molar-refractivity contribution is 4.82. The van der Waals surface area contributed by atoms with Crippen LogP contribution in [0.15, 0.2) is 0 Å². The summed E-state index contributed by atoms with van der Waals surface area (Å²) in [7, 11) is 0. The Morgan fingerprint density at radius 3 is 2.36 bits per heavy atom. The SMILES string of the molecule is CC[C@H](N[C@H]1CCCC[C@@H]1C)C(C)C. The van der Waals surface area contributed by atoms with Crippen LogP contribution in [0.1, 0.15) is 59.8 Å². The predicted octanol–water partition coefficient (Wildman–Crippen LogP) is 3.59. The van der Waals surface area contributed by atoms with Crippen LogP contribution in [0.2, 0.25) is 0 Å². The molecular formula is C13H27N. The first kappa shape index (κ1) is 12.0. The molecule has 0 amide bonds. The van der Waals surface area contributed by atoms with Crippen LogP contribution in [0.5, 0.6) is 0 Å². The van der Waals surface area contributed by atoms with Crippen molar-refractivity contribution in [1.29, 1.82) is 0 Å². The molecule has 0 aliphatic heterocycles. The molecule has 14 heavy (non-hydrogen) atoms. The van der Waals surface area contributed by atoms with Gasteiger partial charge in [-0.15, -0.1) is 0 Å². The molecule has 0 spiro atoms. The molecule has 0 bridgehead atoms. The van der Waals surface area contributed by atoms with Crippen molar-refractivity contribution < 1.29 is 0 Å². The Kier molecular flexibility index (Phi) is 4.94. The maximum atomic E-state index is 3.85. The van der Waals surface area contributed by atoms with Gasteiger partial charge in [0.05, 0.1) is 0 Å². The van der Waals surface area contributed by atoms with Crippen LogP contribution in [-0.4, -0.2) is 12.1 Å². The number of nitrogens with one attached hydrogen (secondary N) is 1. The summed E-state index contributed by atoms with van der Waals surface area (Å²) in [6, 6.07) is 1.51. The van der Waals surface area contributed by atoms with Gasteiger partial charge in [-0.25, -0.2) is 0 Å². The van der Waals surface area contributed by atoms with E-state index in [2.05, 4.69) is 33.0 Å². The van der Waals surface area contributed by atoms with Crippen molar-refractivity contribution in [3.63, 3.8) is 0 Å². The van der Waals surface area contributed by atoms with Gasteiger partial charge in [-0.05, 0) is 31.1 Å². The van der Waals surface area contributed by atoms with Crippen molar-refractivity contribution in [3.8, 4) is 0 Å². The summed E-state index contributed by atoms with van der Waals surface area (Å²) in [6.07, 6.45) is 6.95. The largest absolute Gasteiger partial charge is 0.311 e. The fraction of sp³-hybridized carbons (Fsp3) is 1.00. The smallest absolute Gasteiger partial charge is 0.00953 e. The van der Waals surface area contributed by atoms with E-state index in [1.165, 1.54) is 32.1 Å². The second kappa shape index (κ2) is 5.75. The molecule has 1 aliphatic rings. The minimum Gasteiger partial charge on any atom is -0.311 e. The molecule has 0 heterocycles. The molecule has 1 saturated carbocycles. The van der Waals surface area contributed by atoms with Gasteiger partial charge in [-0.1, -0.05) is 40.5 Å². The summed E-state index contributed by atoms with van der Waals surface area (Å²) in [5, 5.41) is 3.85. The Labute approximate surface area is 89.7 Å². The average molecular weight is 197 g/mol. The predicted molar refractivity (Wildman–Crippen MR) is 63.5 cm³/mol. The van der Waals surface area contributed by atoms with Gasteiger partial charge in [0.15, 0.2) is 0 Å². The van der Waals surface area contributed by atoms with Crippen molar-refractivity contribution in [2.24, 2.45) is 11.8 Å². The van der Waals surface area contributed by atoms with E-state index in [4.69, 9.17) is 0 Å². The Bertz CT molecular complexity index is 153. The second-order valence-electron chi connectivity index (χ2n) is 5.29. The van der Waals surface area contributed by atoms with Crippen LogP contribution in [0, 0.1) is 11.8 Å². The lowest BCUT2D eigenvalue weighted by Gasteiger charge is -2.34. The first-order valence-corrected chi connectivity index (χ1v) is 6.41. The number of hydrogen-bond acceptors (Lipinski definition) is 1. The van der Waals surface area contributed by atoms with Gasteiger partial charge in [-0.3, -0.25) is 0 Å². The summed E-state index contributed by atoms with van der Waals surface area (Å²) in [5.41, 5.74) is 0. The first-order valence-electron chi connectivity index (χ1n) is 6.41. The fourth-order valence-electron chi connectivity index (χ4n) is 2.62. The zero-order valence-corrected chi connectivity index (χ0v) is 10.3. The van der Waals surface area contributed by atoms with Gasteiger partial charge in [0.1, 0.15) is 0 Å². The minimum absolute atomic E-state index is 0.723. The fourth-order valence-corrected chi connectivity index (χ4v) is 2.62. The van der Waals surface area contributed by atoms with E-state index in [1.54, 1.807) is 0 Å². The maximum absolute atomic E-state index is 3.85. The molecule has 3 atom stereocenters. The average Bonchev–Trinajstić information content (AvgIpc) is 2.16. The summed E-state index contributed by atoms with van der Waals surface area (Å²) < 4.78 is 0. The third kappa shape index (κ3) is 3.27. The number of rotatable bonds is 4. The standard InChI is InChI=1S/C13H27N/c1-5-12(10(2)3)14-13-9-7-6-8-11(13)4/h10-14H,5-9H2,1-4H3/t11-,12-,13-/m0/s1. The van der Waals surface area contributed by atoms with Crippen LogP contribution >= 0.6 is 0 Å². The molecule has 0 aromatic heterocycles. The third-order valence-electron chi connectivity index (χ3n) is 3.78. The molecule has 84 valence electrons. The Hall–Kier alpha value is -0.0400. The van der Waals surface area contributed by atoms with E-state index in [9.17, 15) is 0 Å². The molecule has 1 nitrogen and oxygen atoms in total. The third-order valence-corrected chi connectivity index (χ3v) is 3.78. The van der Waals surface area contributed by atoms with Gasteiger partial charge in [0.25, 0.3) is 0 Å². The molecule has 0 unspecified atom stereocenters. The van der Waals surface area contributed by atoms with Crippen molar-refractivity contribution in [3.05, 3.63) is 0 Å². The molecule has 0 radical (unpaired) electrons. The highest BCUT2D eigenvalue weighted by Crippen LogP contribution is 2.25. The van der Waals surface area contributed by atoms with Crippen molar-refractivity contribution in [1.82, 2.24) is 5.32 Å². The minimum atomic E-state index is 0.723. The molecule has 1 fully saturated rings. The van der Waals surface area contributed by atoms with Gasteiger partial charge >= 0.3 is 0 Å². The lowest BCUT2D eigenvalue weighted by Crippen LogP contribution is -2.45. The van der Waals surface area contributed by atoms with Crippen molar-refractivity contribution in [2.75, 3.05) is 0 Å². The summed E-state index contributed by atoms with van der Waals surface area (Å²) in [5.74, 6) is 1.66. The maximum Gasteiger partial charge on any atom is 0.00953 e. The van der Waals surface area contributed by atoms with E-state index in [0.29, 0.717) is 0 Å². The van der Waals surface area contributed by atoms with Gasteiger partial charge in [0.2, 0.25) is 0 Å². The quantitative estimate of drug-likeness (QED) is 0.726. The van der Waals surface area contributed by atoms with Crippen molar-refractivity contribution >= 4 is 0 Å². The zero-order chi connectivity index (χ0) is 10.6. The lowest BCUT2D eigenvalue weighted by atomic mass is 9.84. The monoisotopic (exact) mass is 197 g/mol. The van der Waals surface area contributed by atoms with E-state index in [1.807, 2.05) is 0 Å². The van der Waals surface area contributed by atoms with Crippen LogP contribution in [0.25, 0.3) is 0 Å². The Morgan fingerprint density at radius 2 is 1.86 bits per heavy atom. The van der Waals surface area contributed by atoms with Crippen molar-refractivity contribution in [2.45, 2.75) is 71.9 Å². The van der Waals surface area contributed by atoms with Crippen LogP contribution in [0.3, 0.4) is 0 Å². The number of hydrogen-bond donors (Lipinski definition) is 1. The van der Waals surface area contributed by atoms with E-state index >= 15 is 0 Å². The van der Waals surface area contributed by atoms with E-state index in [-0.39, 0.29) is 0 Å². The van der Waals surface area contributed by atoms with Crippen LogP contribution in [-0.2, 0) is 0 Å². The summed E-state index contributed by atoms with van der Waals surface area (Å²) in [4.78, 5) is 0. The highest BCUT2D eigenvalue weighted by atomic mass is 15.0. The van der Waals surface area contributed by atoms with Gasteiger partial charge in [0, 0.05) is 12.1 Å². The van der Waals surface area contributed by atoms with Crippen LogP contribution in [0.4, 0.5) is 0 Å². The zero-order valence-electron chi connectivity index (χ0n) is 10.3. The topological polar surface area (TPSA) is 12.0 Å². The Balaban J connectivity index is 2.39. The van der Waals surface area contributed by atoms with Gasteiger partial charge < -0.3 is 5.32 Å². The van der Waals surface area contributed by atoms with E-state index < -0.39 is 0 Å². The molecule has 0 aromatic carbocycles. The van der Waals surface area contributed by atoms with Crippen LogP contribution < -0.4 is 5.32 Å². The summed E-state index contributed by atoms with van der Waals surface area (Å²) >= 11 is 0. The molecule has 1 aliphatic carbocycles. The lowest BCUT2D eigenvalue weighted by molar-refractivity contribution is 0.233. The first-order chi connectivity index (χ1) is 6.65. The molecule has 1 rings (SSSR count). The molecule has 0 aromatic rings. The molecule has 1 heteroatoms. The second-order valence-corrected chi connectivity index (χ2v) is 5.29.